The lowest BCUT2D eigenvalue weighted by Gasteiger charge is -2.24. The molecule has 0 aromatic heterocycles. The lowest BCUT2D eigenvalue weighted by atomic mass is 10.1. The molecule has 110 valence electrons. The number of carbonyl (C=O) groups is 2. The predicted molar refractivity (Wildman–Crippen MR) is 68.7 cm³/mol. The van der Waals surface area contributed by atoms with Crippen molar-refractivity contribution in [3.8, 4) is 0 Å². The molecule has 0 aliphatic carbocycles. The van der Waals surface area contributed by atoms with Gasteiger partial charge in [0.2, 0.25) is 0 Å². The van der Waals surface area contributed by atoms with Crippen LogP contribution in [0.25, 0.3) is 0 Å². The number of ether oxygens (including phenoxy) is 3. The van der Waals surface area contributed by atoms with E-state index in [0.717, 1.165) is 0 Å². The second kappa shape index (κ2) is 6.19. The van der Waals surface area contributed by atoms with E-state index < -0.39 is 36.4 Å². The number of rotatable bonds is 2. The summed E-state index contributed by atoms with van der Waals surface area (Å²) in [6.45, 7) is 3.38. The average Bonchev–Trinajstić information content (AvgIpc) is 3.14. The monoisotopic (exact) mass is 282 g/mol. The van der Waals surface area contributed by atoms with Gasteiger partial charge in [0.1, 0.15) is 24.4 Å². The summed E-state index contributed by atoms with van der Waals surface area (Å²) in [5.41, 5.74) is 0. The molecule has 2 rings (SSSR count). The molecule has 1 saturated heterocycles. The Labute approximate surface area is 117 Å². The molecule has 0 amide bonds. The zero-order valence-electron chi connectivity index (χ0n) is 11.4. The molecule has 1 fully saturated rings. The van der Waals surface area contributed by atoms with Gasteiger partial charge in [0.15, 0.2) is 6.10 Å². The zero-order chi connectivity index (χ0) is 14.7. The molecule has 6 nitrogen and oxygen atoms in total. The molecule has 6 heteroatoms. The van der Waals surface area contributed by atoms with Crippen molar-refractivity contribution >= 4 is 11.9 Å². The summed E-state index contributed by atoms with van der Waals surface area (Å²) in [5.74, 6) is -0.969. The summed E-state index contributed by atoms with van der Waals surface area (Å²) in [6, 6.07) is 0. The lowest BCUT2D eigenvalue weighted by molar-refractivity contribution is -0.156. The van der Waals surface area contributed by atoms with E-state index in [2.05, 4.69) is 0 Å². The van der Waals surface area contributed by atoms with Gasteiger partial charge in [-0.15, -0.1) is 0 Å². The SMILES string of the molecule is C/C=C/C(=O)O[C@@H]1C[C@@H](C)OC(=O)C2OC2/C=C/[C@@H]1O. The van der Waals surface area contributed by atoms with Crippen LogP contribution in [-0.2, 0) is 23.8 Å². The third-order valence-electron chi connectivity index (χ3n) is 3.09. The lowest BCUT2D eigenvalue weighted by Crippen LogP contribution is -2.35. The van der Waals surface area contributed by atoms with Crippen LogP contribution in [-0.4, -0.2) is 47.6 Å². The van der Waals surface area contributed by atoms with E-state index in [1.807, 2.05) is 0 Å². The minimum Gasteiger partial charge on any atom is -0.461 e. The quantitative estimate of drug-likeness (QED) is 0.343. The van der Waals surface area contributed by atoms with Crippen LogP contribution in [0.5, 0.6) is 0 Å². The van der Waals surface area contributed by atoms with Crippen molar-refractivity contribution in [1.29, 1.82) is 0 Å². The van der Waals surface area contributed by atoms with Crippen LogP contribution in [0.2, 0.25) is 0 Å². The molecule has 0 bridgehead atoms. The molecule has 0 spiro atoms. The van der Waals surface area contributed by atoms with Gasteiger partial charge in [-0.05, 0) is 13.8 Å². The molecule has 0 aromatic rings. The number of cyclic esters (lactones) is 1. The summed E-state index contributed by atoms with van der Waals surface area (Å²) in [5, 5.41) is 10.0. The van der Waals surface area contributed by atoms with Gasteiger partial charge in [0.25, 0.3) is 0 Å². The first-order valence-electron chi connectivity index (χ1n) is 6.57. The van der Waals surface area contributed by atoms with Crippen LogP contribution in [0.3, 0.4) is 0 Å². The highest BCUT2D eigenvalue weighted by molar-refractivity contribution is 5.82. The summed E-state index contributed by atoms with van der Waals surface area (Å²) in [7, 11) is 0. The normalized spacial score (nSPS) is 38.8. The first-order valence-corrected chi connectivity index (χ1v) is 6.57. The fourth-order valence-corrected chi connectivity index (χ4v) is 2.03. The summed E-state index contributed by atoms with van der Waals surface area (Å²) >= 11 is 0. The van der Waals surface area contributed by atoms with Crippen LogP contribution in [0, 0.1) is 0 Å². The number of aliphatic hydroxyl groups is 1. The number of carbonyl (C=O) groups excluding carboxylic acids is 2. The van der Waals surface area contributed by atoms with Crippen molar-refractivity contribution in [2.75, 3.05) is 0 Å². The highest BCUT2D eigenvalue weighted by Gasteiger charge is 2.46. The van der Waals surface area contributed by atoms with E-state index in [4.69, 9.17) is 14.2 Å². The number of allylic oxidation sites excluding steroid dienone is 1. The number of hydrogen-bond acceptors (Lipinski definition) is 6. The molecule has 0 radical (unpaired) electrons. The Kier molecular flexibility index (Phi) is 4.57. The first-order chi connectivity index (χ1) is 9.51. The van der Waals surface area contributed by atoms with Gasteiger partial charge in [-0.1, -0.05) is 18.2 Å². The Morgan fingerprint density at radius 1 is 1.50 bits per heavy atom. The van der Waals surface area contributed by atoms with Gasteiger partial charge in [-0.3, -0.25) is 0 Å². The maximum absolute atomic E-state index is 11.6. The van der Waals surface area contributed by atoms with Gasteiger partial charge in [0, 0.05) is 12.5 Å². The van der Waals surface area contributed by atoms with Crippen LogP contribution in [0.4, 0.5) is 0 Å². The molecule has 1 N–H and O–H groups in total. The van der Waals surface area contributed by atoms with E-state index in [1.165, 1.54) is 12.2 Å². The fraction of sp³-hybridized carbons (Fsp3) is 0.571. The second-order valence-corrected chi connectivity index (χ2v) is 4.86. The minimum absolute atomic E-state index is 0.220. The highest BCUT2D eigenvalue weighted by atomic mass is 16.6. The maximum atomic E-state index is 11.6. The average molecular weight is 282 g/mol. The molecular weight excluding hydrogens is 264 g/mol. The number of esters is 2. The van der Waals surface area contributed by atoms with E-state index in [0.29, 0.717) is 0 Å². The minimum atomic E-state index is -0.965. The van der Waals surface area contributed by atoms with Crippen molar-refractivity contribution < 1.29 is 28.9 Å². The second-order valence-electron chi connectivity index (χ2n) is 4.86. The van der Waals surface area contributed by atoms with E-state index in [-0.39, 0.29) is 12.5 Å². The number of epoxide rings is 1. The number of aliphatic hydroxyl groups excluding tert-OH is 1. The third-order valence-corrected chi connectivity index (χ3v) is 3.09. The van der Waals surface area contributed by atoms with Gasteiger partial charge in [-0.2, -0.15) is 0 Å². The molecule has 20 heavy (non-hydrogen) atoms. The van der Waals surface area contributed by atoms with E-state index >= 15 is 0 Å². The standard InChI is InChI=1S/C14H18O6/c1-3-4-12(16)19-11-7-8(2)18-14(17)13-10(20-13)6-5-9(11)15/h3-6,8-11,13,15H,7H2,1-2H3/b4-3+,6-5+/t8-,9+,10?,11-,13?/m1/s1. The molecule has 2 aliphatic heterocycles. The Morgan fingerprint density at radius 2 is 2.25 bits per heavy atom. The Morgan fingerprint density at radius 3 is 2.95 bits per heavy atom. The molecule has 0 aromatic carbocycles. The Balaban J connectivity index is 2.08. The highest BCUT2D eigenvalue weighted by Crippen LogP contribution is 2.27. The van der Waals surface area contributed by atoms with Crippen LogP contribution in [0.15, 0.2) is 24.3 Å². The van der Waals surface area contributed by atoms with Crippen molar-refractivity contribution in [2.24, 2.45) is 0 Å². The van der Waals surface area contributed by atoms with Gasteiger partial charge in [-0.25, -0.2) is 9.59 Å². The van der Waals surface area contributed by atoms with Crippen molar-refractivity contribution in [2.45, 2.75) is 50.8 Å². The first kappa shape index (κ1) is 14.7. The topological polar surface area (TPSA) is 85.4 Å². The fourth-order valence-electron chi connectivity index (χ4n) is 2.03. The van der Waals surface area contributed by atoms with E-state index in [1.54, 1.807) is 26.0 Å². The largest absolute Gasteiger partial charge is 0.461 e. The number of fused-ring (bicyclic) bond motifs is 1. The Bertz CT molecular complexity index is 441. The summed E-state index contributed by atoms with van der Waals surface area (Å²) < 4.78 is 15.5. The molecular formula is C14H18O6. The van der Waals surface area contributed by atoms with E-state index in [9.17, 15) is 14.7 Å². The predicted octanol–water partition coefficient (Wildman–Crippen LogP) is 0.494. The smallest absolute Gasteiger partial charge is 0.338 e. The van der Waals surface area contributed by atoms with Crippen LogP contribution < -0.4 is 0 Å². The molecule has 0 saturated carbocycles. The summed E-state index contributed by atoms with van der Waals surface area (Å²) in [4.78, 5) is 23.1. The Hall–Kier alpha value is -1.66. The molecule has 2 heterocycles. The zero-order valence-corrected chi connectivity index (χ0v) is 11.4. The third kappa shape index (κ3) is 3.68. The molecule has 5 atom stereocenters. The number of hydrogen-bond donors (Lipinski definition) is 1. The van der Waals surface area contributed by atoms with Gasteiger partial charge >= 0.3 is 11.9 Å². The van der Waals surface area contributed by atoms with Gasteiger partial charge < -0.3 is 19.3 Å². The molecule has 2 aliphatic rings. The molecule has 2 unspecified atom stereocenters. The van der Waals surface area contributed by atoms with Gasteiger partial charge in [0.05, 0.1) is 0 Å². The van der Waals surface area contributed by atoms with Crippen molar-refractivity contribution in [3.63, 3.8) is 0 Å². The van der Waals surface area contributed by atoms with Crippen LogP contribution >= 0.6 is 0 Å². The van der Waals surface area contributed by atoms with Crippen LogP contribution in [0.1, 0.15) is 20.3 Å². The maximum Gasteiger partial charge on any atom is 0.338 e. The van der Waals surface area contributed by atoms with Crippen molar-refractivity contribution in [1.82, 2.24) is 0 Å². The van der Waals surface area contributed by atoms with Crippen molar-refractivity contribution in [3.05, 3.63) is 24.3 Å². The summed E-state index contributed by atoms with van der Waals surface area (Å²) in [6.07, 6.45) is 2.96.